The molecular formula is C15H18ClNO2. The highest BCUT2D eigenvalue weighted by atomic mass is 35.5. The van der Waals surface area contributed by atoms with Crippen LogP contribution in [0.4, 0.5) is 0 Å². The van der Waals surface area contributed by atoms with E-state index in [0.717, 1.165) is 18.4 Å². The van der Waals surface area contributed by atoms with Gasteiger partial charge in [-0.3, -0.25) is 4.79 Å². The molecule has 3 rings (SSSR count). The number of halogens is 1. The van der Waals surface area contributed by atoms with E-state index in [-0.39, 0.29) is 12.0 Å². The standard InChI is InChI=1S/C15H18ClNO2/c16-13-7-2-1-6-12(13)14-10-17(8-9-19-14)15(18)11-4-3-5-11/h1-2,6-7,11,14H,3-5,8-10H2. The van der Waals surface area contributed by atoms with Crippen LogP contribution in [0.5, 0.6) is 0 Å². The monoisotopic (exact) mass is 279 g/mol. The molecule has 1 aromatic carbocycles. The van der Waals surface area contributed by atoms with Gasteiger partial charge in [-0.1, -0.05) is 36.2 Å². The fourth-order valence-corrected chi connectivity index (χ4v) is 2.94. The summed E-state index contributed by atoms with van der Waals surface area (Å²) in [5, 5.41) is 0.713. The van der Waals surface area contributed by atoms with Crippen molar-refractivity contribution in [3.05, 3.63) is 34.9 Å². The van der Waals surface area contributed by atoms with Gasteiger partial charge in [-0.15, -0.1) is 0 Å². The third-order valence-electron chi connectivity index (χ3n) is 4.08. The molecule has 1 unspecified atom stereocenters. The Bertz CT molecular complexity index is 473. The topological polar surface area (TPSA) is 29.5 Å². The number of benzene rings is 1. The average molecular weight is 280 g/mol. The van der Waals surface area contributed by atoms with E-state index in [4.69, 9.17) is 16.3 Å². The van der Waals surface area contributed by atoms with Gasteiger partial charge in [-0.2, -0.15) is 0 Å². The zero-order valence-electron chi connectivity index (χ0n) is 10.8. The van der Waals surface area contributed by atoms with E-state index in [0.29, 0.717) is 30.6 Å². The van der Waals surface area contributed by atoms with Gasteiger partial charge in [0.15, 0.2) is 0 Å². The lowest BCUT2D eigenvalue weighted by atomic mass is 9.84. The Kier molecular flexibility index (Phi) is 3.76. The first kappa shape index (κ1) is 12.9. The van der Waals surface area contributed by atoms with Crippen molar-refractivity contribution in [2.75, 3.05) is 19.7 Å². The van der Waals surface area contributed by atoms with Crippen LogP contribution in [-0.4, -0.2) is 30.5 Å². The van der Waals surface area contributed by atoms with Crippen molar-refractivity contribution >= 4 is 17.5 Å². The van der Waals surface area contributed by atoms with E-state index < -0.39 is 0 Å². The Hall–Kier alpha value is -1.06. The first-order valence-electron chi connectivity index (χ1n) is 6.90. The Labute approximate surface area is 118 Å². The number of morpholine rings is 1. The molecular weight excluding hydrogens is 262 g/mol. The molecule has 4 heteroatoms. The summed E-state index contributed by atoms with van der Waals surface area (Å²) in [6.45, 7) is 1.92. The van der Waals surface area contributed by atoms with Crippen molar-refractivity contribution in [3.63, 3.8) is 0 Å². The van der Waals surface area contributed by atoms with Crippen LogP contribution in [0.2, 0.25) is 5.02 Å². The summed E-state index contributed by atoms with van der Waals surface area (Å²) in [6.07, 6.45) is 3.20. The van der Waals surface area contributed by atoms with Gasteiger partial charge in [0.2, 0.25) is 5.91 Å². The van der Waals surface area contributed by atoms with Crippen LogP contribution in [0.3, 0.4) is 0 Å². The predicted octanol–water partition coefficient (Wildman–Crippen LogP) is 3.04. The Morgan fingerprint density at radius 2 is 2.11 bits per heavy atom. The molecule has 0 N–H and O–H groups in total. The second-order valence-electron chi connectivity index (χ2n) is 5.29. The number of nitrogens with zero attached hydrogens (tertiary/aromatic N) is 1. The molecule has 0 bridgehead atoms. The Morgan fingerprint density at radius 3 is 2.79 bits per heavy atom. The third kappa shape index (κ3) is 2.63. The minimum atomic E-state index is -0.0912. The van der Waals surface area contributed by atoms with Crippen molar-refractivity contribution in [2.24, 2.45) is 5.92 Å². The Morgan fingerprint density at radius 1 is 1.32 bits per heavy atom. The smallest absolute Gasteiger partial charge is 0.225 e. The highest BCUT2D eigenvalue weighted by Gasteiger charge is 2.33. The summed E-state index contributed by atoms with van der Waals surface area (Å²) in [7, 11) is 0. The van der Waals surface area contributed by atoms with E-state index in [1.54, 1.807) is 0 Å². The van der Waals surface area contributed by atoms with Crippen molar-refractivity contribution in [2.45, 2.75) is 25.4 Å². The minimum Gasteiger partial charge on any atom is -0.370 e. The highest BCUT2D eigenvalue weighted by molar-refractivity contribution is 6.31. The lowest BCUT2D eigenvalue weighted by Crippen LogP contribution is -2.46. The summed E-state index contributed by atoms with van der Waals surface area (Å²) >= 11 is 6.20. The van der Waals surface area contributed by atoms with Gasteiger partial charge in [0, 0.05) is 23.0 Å². The molecule has 1 aromatic rings. The van der Waals surface area contributed by atoms with E-state index in [9.17, 15) is 4.79 Å². The lowest BCUT2D eigenvalue weighted by molar-refractivity contribution is -0.146. The van der Waals surface area contributed by atoms with Crippen LogP contribution in [0.1, 0.15) is 30.9 Å². The number of ether oxygens (including phenoxy) is 1. The SMILES string of the molecule is O=C(C1CCC1)N1CCOC(c2ccccc2Cl)C1. The number of carbonyl (C=O) groups is 1. The van der Waals surface area contributed by atoms with Crippen LogP contribution >= 0.6 is 11.6 Å². The molecule has 19 heavy (non-hydrogen) atoms. The summed E-state index contributed by atoms with van der Waals surface area (Å²) in [4.78, 5) is 14.2. The van der Waals surface area contributed by atoms with E-state index in [1.165, 1.54) is 6.42 Å². The van der Waals surface area contributed by atoms with E-state index in [1.807, 2.05) is 29.2 Å². The van der Waals surface area contributed by atoms with Gasteiger partial charge in [-0.25, -0.2) is 0 Å². The normalized spacial score (nSPS) is 24.1. The van der Waals surface area contributed by atoms with Crippen LogP contribution in [-0.2, 0) is 9.53 Å². The van der Waals surface area contributed by atoms with Crippen molar-refractivity contribution in [1.29, 1.82) is 0 Å². The molecule has 0 radical (unpaired) electrons. The molecule has 1 aliphatic carbocycles. The second-order valence-corrected chi connectivity index (χ2v) is 5.70. The first-order valence-corrected chi connectivity index (χ1v) is 7.28. The van der Waals surface area contributed by atoms with Crippen LogP contribution in [0, 0.1) is 5.92 Å². The fourth-order valence-electron chi connectivity index (χ4n) is 2.69. The van der Waals surface area contributed by atoms with Gasteiger partial charge in [0.05, 0.1) is 13.2 Å². The van der Waals surface area contributed by atoms with Crippen molar-refractivity contribution in [3.8, 4) is 0 Å². The predicted molar refractivity (Wildman–Crippen MR) is 74.1 cm³/mol. The number of carbonyl (C=O) groups excluding carboxylic acids is 1. The maximum atomic E-state index is 12.3. The molecule has 1 saturated carbocycles. The molecule has 0 spiro atoms. The summed E-state index contributed by atoms with van der Waals surface area (Å²) < 4.78 is 5.78. The molecule has 2 fully saturated rings. The minimum absolute atomic E-state index is 0.0912. The molecule has 1 amide bonds. The van der Waals surface area contributed by atoms with Gasteiger partial charge >= 0.3 is 0 Å². The van der Waals surface area contributed by atoms with Crippen molar-refractivity contribution in [1.82, 2.24) is 4.90 Å². The maximum absolute atomic E-state index is 12.3. The third-order valence-corrected chi connectivity index (χ3v) is 4.43. The fraction of sp³-hybridized carbons (Fsp3) is 0.533. The molecule has 102 valence electrons. The zero-order chi connectivity index (χ0) is 13.2. The number of amides is 1. The summed E-state index contributed by atoms with van der Waals surface area (Å²) in [5.74, 6) is 0.552. The Balaban J connectivity index is 1.71. The second kappa shape index (κ2) is 5.51. The van der Waals surface area contributed by atoms with Crippen LogP contribution in [0.15, 0.2) is 24.3 Å². The molecule has 3 nitrogen and oxygen atoms in total. The number of hydrogen-bond acceptors (Lipinski definition) is 2. The molecule has 2 aliphatic rings. The van der Waals surface area contributed by atoms with Gasteiger partial charge in [0.1, 0.15) is 6.10 Å². The summed E-state index contributed by atoms with van der Waals surface area (Å²) in [6, 6.07) is 7.71. The van der Waals surface area contributed by atoms with Crippen molar-refractivity contribution < 1.29 is 9.53 Å². The van der Waals surface area contributed by atoms with Crippen LogP contribution in [0.25, 0.3) is 0 Å². The van der Waals surface area contributed by atoms with Gasteiger partial charge in [-0.05, 0) is 18.9 Å². The molecule has 1 atom stereocenters. The molecule has 1 aliphatic heterocycles. The first-order chi connectivity index (χ1) is 9.25. The lowest BCUT2D eigenvalue weighted by Gasteiger charge is -2.37. The zero-order valence-corrected chi connectivity index (χ0v) is 11.6. The van der Waals surface area contributed by atoms with Gasteiger partial charge < -0.3 is 9.64 Å². The average Bonchev–Trinajstić information content (AvgIpc) is 2.37. The number of hydrogen-bond donors (Lipinski definition) is 0. The molecule has 1 saturated heterocycles. The van der Waals surface area contributed by atoms with E-state index in [2.05, 4.69) is 0 Å². The van der Waals surface area contributed by atoms with Crippen LogP contribution < -0.4 is 0 Å². The highest BCUT2D eigenvalue weighted by Crippen LogP contribution is 2.32. The molecule has 0 aromatic heterocycles. The summed E-state index contributed by atoms with van der Waals surface area (Å²) in [5.41, 5.74) is 0.982. The van der Waals surface area contributed by atoms with E-state index >= 15 is 0 Å². The number of rotatable bonds is 2. The maximum Gasteiger partial charge on any atom is 0.225 e. The van der Waals surface area contributed by atoms with Gasteiger partial charge in [0.25, 0.3) is 0 Å². The largest absolute Gasteiger partial charge is 0.370 e. The molecule has 1 heterocycles. The quantitative estimate of drug-likeness (QED) is 0.833.